The molecule has 1 aromatic carbocycles. The van der Waals surface area contributed by atoms with E-state index in [4.69, 9.17) is 0 Å². The first kappa shape index (κ1) is 15.3. The van der Waals surface area contributed by atoms with Crippen LogP contribution in [0.5, 0.6) is 0 Å². The first-order valence-corrected chi connectivity index (χ1v) is 9.72. The number of ketones is 1. The molecule has 3 heterocycles. The minimum atomic E-state index is 0.0763. The third-order valence-corrected chi connectivity index (χ3v) is 6.76. The molecule has 122 valence electrons. The summed E-state index contributed by atoms with van der Waals surface area (Å²) in [5.41, 5.74) is 1.82. The Morgan fingerprint density at radius 1 is 1.25 bits per heavy atom. The third kappa shape index (κ3) is 2.92. The summed E-state index contributed by atoms with van der Waals surface area (Å²) in [4.78, 5) is 14.6. The van der Waals surface area contributed by atoms with E-state index in [9.17, 15) is 4.79 Å². The molecule has 1 fully saturated rings. The number of hydrogen-bond donors (Lipinski definition) is 0. The number of rotatable bonds is 3. The van der Waals surface area contributed by atoms with Crippen molar-refractivity contribution in [3.8, 4) is 0 Å². The molecule has 1 aliphatic rings. The fraction of sp³-hybridized carbons (Fsp3) is 0.294. The number of nitrogens with zero attached hydrogens (tertiary/aromatic N) is 5. The van der Waals surface area contributed by atoms with Gasteiger partial charge in [0, 0.05) is 0 Å². The van der Waals surface area contributed by atoms with Crippen molar-refractivity contribution < 1.29 is 4.79 Å². The molecule has 4 rings (SSSR count). The molecule has 0 aliphatic carbocycles. The van der Waals surface area contributed by atoms with Crippen molar-refractivity contribution >= 4 is 36.7 Å². The normalized spacial score (nSPS) is 18.3. The zero-order valence-electron chi connectivity index (χ0n) is 13.3. The monoisotopic (exact) mass is 387 g/mol. The van der Waals surface area contributed by atoms with Gasteiger partial charge >= 0.3 is 146 Å². The van der Waals surface area contributed by atoms with Crippen molar-refractivity contribution in [1.29, 1.82) is 0 Å². The molecule has 0 saturated carbocycles. The van der Waals surface area contributed by atoms with E-state index in [1.165, 1.54) is 4.46 Å². The van der Waals surface area contributed by atoms with Gasteiger partial charge in [-0.25, -0.2) is 0 Å². The predicted molar refractivity (Wildman–Crippen MR) is 92.9 cm³/mol. The Balaban J connectivity index is 1.58. The van der Waals surface area contributed by atoms with E-state index in [1.54, 1.807) is 10.8 Å². The van der Waals surface area contributed by atoms with Gasteiger partial charge in [0.2, 0.25) is 0 Å². The summed E-state index contributed by atoms with van der Waals surface area (Å²) in [6, 6.07) is 12.3. The van der Waals surface area contributed by atoms with E-state index in [1.807, 2.05) is 31.2 Å². The van der Waals surface area contributed by atoms with Gasteiger partial charge in [0.1, 0.15) is 0 Å². The molecule has 6 nitrogen and oxygen atoms in total. The van der Waals surface area contributed by atoms with Gasteiger partial charge in [-0.2, -0.15) is 0 Å². The van der Waals surface area contributed by atoms with Gasteiger partial charge in [0.15, 0.2) is 0 Å². The van der Waals surface area contributed by atoms with Crippen molar-refractivity contribution in [3.63, 3.8) is 0 Å². The van der Waals surface area contributed by atoms with Gasteiger partial charge in [-0.15, -0.1) is 0 Å². The van der Waals surface area contributed by atoms with Gasteiger partial charge in [0.05, 0.1) is 0 Å². The molecule has 0 bridgehead atoms. The Kier molecular flexibility index (Phi) is 4.04. The molecule has 1 aliphatic heterocycles. The fourth-order valence-electron chi connectivity index (χ4n) is 2.89. The van der Waals surface area contributed by atoms with E-state index in [0.29, 0.717) is 12.2 Å². The summed E-state index contributed by atoms with van der Waals surface area (Å²) in [5, 5.41) is 12.6. The van der Waals surface area contributed by atoms with Crippen molar-refractivity contribution in [2.24, 2.45) is 0 Å². The number of aryl methyl sites for hydroxylation is 1. The van der Waals surface area contributed by atoms with E-state index < -0.39 is 0 Å². The molecule has 3 aromatic rings. The van der Waals surface area contributed by atoms with Gasteiger partial charge in [0.25, 0.3) is 0 Å². The Hall–Kier alpha value is -2.24. The van der Waals surface area contributed by atoms with Crippen LogP contribution in [-0.2, 0) is 4.79 Å². The number of carbonyl (C=O) groups excluding carboxylic acids is 1. The Bertz CT molecular complexity index is 879. The van der Waals surface area contributed by atoms with Crippen LogP contribution in [0.15, 0.2) is 42.7 Å². The molecule has 24 heavy (non-hydrogen) atoms. The molecule has 0 spiro atoms. The number of carbonyl (C=O) groups is 1. The van der Waals surface area contributed by atoms with Crippen LogP contribution in [0.1, 0.15) is 12.0 Å². The topological polar surface area (TPSA) is 63.4 Å². The molecule has 0 amide bonds. The van der Waals surface area contributed by atoms with Crippen LogP contribution in [0.25, 0.3) is 5.65 Å². The van der Waals surface area contributed by atoms with Crippen LogP contribution in [0.3, 0.4) is 0 Å². The number of hydrogen-bond acceptors (Lipinski definition) is 5. The number of aromatic nitrogens is 4. The summed E-state index contributed by atoms with van der Waals surface area (Å²) in [7, 11) is 0. The molecule has 7 heteroatoms. The van der Waals surface area contributed by atoms with E-state index in [2.05, 4.69) is 32.3 Å². The Labute approximate surface area is 146 Å². The predicted octanol–water partition coefficient (Wildman–Crippen LogP) is 1.03. The molecular weight excluding hydrogens is 369 g/mol. The summed E-state index contributed by atoms with van der Waals surface area (Å²) in [5.74, 6) is 1.26. The van der Waals surface area contributed by atoms with Crippen LogP contribution in [0.4, 0.5) is 5.82 Å². The average Bonchev–Trinajstić information content (AvgIpc) is 3.07. The van der Waals surface area contributed by atoms with Gasteiger partial charge in [-0.1, -0.05) is 0 Å². The van der Waals surface area contributed by atoms with E-state index >= 15 is 0 Å². The standard InChI is InChI=1S/C17H17N5OSe/c1-12-9-16(20-22-11-18-19-17(12)22)21-8-7-14(23)15(10-21)24-13-5-3-2-4-6-13/h2-6,9,11,15H,7-8,10H2,1H3. The van der Waals surface area contributed by atoms with Crippen LogP contribution in [-0.4, -0.2) is 53.6 Å². The molecular formula is C17H17N5OSe. The SMILES string of the molecule is Cc1cc(N2CCC(=O)C([Se]c3ccccc3)C2)nn2cnnc12. The fourth-order valence-corrected chi connectivity index (χ4v) is 5.29. The third-order valence-electron chi connectivity index (χ3n) is 4.16. The van der Waals surface area contributed by atoms with Crippen LogP contribution >= 0.6 is 0 Å². The average molecular weight is 386 g/mol. The van der Waals surface area contributed by atoms with Gasteiger partial charge < -0.3 is 0 Å². The van der Waals surface area contributed by atoms with Crippen molar-refractivity contribution in [1.82, 2.24) is 19.8 Å². The molecule has 0 N–H and O–H groups in total. The number of benzene rings is 1. The summed E-state index contributed by atoms with van der Waals surface area (Å²) in [6.07, 6.45) is 2.20. The second-order valence-electron chi connectivity index (χ2n) is 5.87. The van der Waals surface area contributed by atoms with E-state index in [0.717, 1.165) is 30.1 Å². The van der Waals surface area contributed by atoms with Crippen LogP contribution < -0.4 is 9.36 Å². The number of piperidine rings is 1. The molecule has 1 unspecified atom stereocenters. The van der Waals surface area contributed by atoms with Crippen molar-refractivity contribution in [3.05, 3.63) is 48.3 Å². The zero-order chi connectivity index (χ0) is 16.5. The Morgan fingerprint density at radius 3 is 2.92 bits per heavy atom. The quantitative estimate of drug-likeness (QED) is 0.630. The number of fused-ring (bicyclic) bond motifs is 1. The zero-order valence-corrected chi connectivity index (χ0v) is 15.0. The second kappa shape index (κ2) is 6.34. The first-order chi connectivity index (χ1) is 11.7. The van der Waals surface area contributed by atoms with Crippen LogP contribution in [0, 0.1) is 6.92 Å². The summed E-state index contributed by atoms with van der Waals surface area (Å²) in [6.45, 7) is 3.46. The number of anilines is 1. The summed E-state index contributed by atoms with van der Waals surface area (Å²) >= 11 is 0.146. The molecule has 2 aromatic heterocycles. The van der Waals surface area contributed by atoms with Gasteiger partial charge in [-0.05, 0) is 0 Å². The maximum absolute atomic E-state index is 12.4. The molecule has 1 saturated heterocycles. The maximum atomic E-state index is 12.4. The van der Waals surface area contributed by atoms with Gasteiger partial charge in [-0.3, -0.25) is 0 Å². The first-order valence-electron chi connectivity index (χ1n) is 7.88. The molecule has 1 atom stereocenters. The Morgan fingerprint density at radius 2 is 2.08 bits per heavy atom. The summed E-state index contributed by atoms with van der Waals surface area (Å²) < 4.78 is 2.97. The second-order valence-corrected chi connectivity index (χ2v) is 8.54. The van der Waals surface area contributed by atoms with E-state index in [-0.39, 0.29) is 19.8 Å². The number of Topliss-reactive ketones (excluding diaryl/α,β-unsaturated/α-hetero) is 1. The van der Waals surface area contributed by atoms with Crippen LogP contribution in [0.2, 0.25) is 4.82 Å². The minimum absolute atomic E-state index is 0.0763. The van der Waals surface area contributed by atoms with Crippen molar-refractivity contribution in [2.45, 2.75) is 18.2 Å². The van der Waals surface area contributed by atoms with Crippen molar-refractivity contribution in [2.75, 3.05) is 18.0 Å². The molecule has 0 radical (unpaired) electrons.